The quantitative estimate of drug-likeness (QED) is 0.305. The predicted octanol–water partition coefficient (Wildman–Crippen LogP) is 5.83. The van der Waals surface area contributed by atoms with Crippen LogP contribution in [0.25, 0.3) is 6.08 Å². The molecule has 1 aliphatic rings. The maximum atomic E-state index is 12.2. The molecule has 32 heavy (non-hydrogen) atoms. The van der Waals surface area contributed by atoms with E-state index in [-0.39, 0.29) is 12.2 Å². The Bertz CT molecular complexity index is 1230. The minimum atomic E-state index is -0.973. The number of carboxylic acid groups (broad SMARTS) is 1. The summed E-state index contributed by atoms with van der Waals surface area (Å²) in [5.41, 5.74) is 3.43. The van der Waals surface area contributed by atoms with Crippen molar-refractivity contribution in [1.82, 2.24) is 0 Å². The van der Waals surface area contributed by atoms with Crippen LogP contribution in [0.4, 0.5) is 0 Å². The highest BCUT2D eigenvalue weighted by Crippen LogP contribution is 2.36. The van der Waals surface area contributed by atoms with Crippen molar-refractivity contribution in [2.45, 2.75) is 6.61 Å². The Morgan fingerprint density at radius 1 is 1.03 bits per heavy atom. The minimum absolute atomic E-state index is 0.220. The van der Waals surface area contributed by atoms with Gasteiger partial charge >= 0.3 is 11.9 Å². The van der Waals surface area contributed by atoms with Gasteiger partial charge in [-0.15, -0.1) is 0 Å². The zero-order valence-electron chi connectivity index (χ0n) is 16.4. The summed E-state index contributed by atoms with van der Waals surface area (Å²) in [4.78, 5) is 28.1. The highest BCUT2D eigenvalue weighted by molar-refractivity contribution is 9.11. The van der Waals surface area contributed by atoms with Crippen LogP contribution in [0.1, 0.15) is 27.0 Å². The zero-order valence-corrected chi connectivity index (χ0v) is 19.6. The molecular weight excluding hydrogens is 542 g/mol. The van der Waals surface area contributed by atoms with Gasteiger partial charge in [-0.05, 0) is 73.3 Å². The summed E-state index contributed by atoms with van der Waals surface area (Å²) in [5, 5.41) is 12.9. The molecule has 0 saturated carbocycles. The molecule has 0 amide bonds. The Hall–Kier alpha value is -3.23. The van der Waals surface area contributed by atoms with Gasteiger partial charge in [0.15, 0.2) is 0 Å². The number of halogens is 2. The molecule has 0 bridgehead atoms. The molecule has 4 rings (SSSR count). The van der Waals surface area contributed by atoms with E-state index in [0.29, 0.717) is 26.0 Å². The number of hydrogen-bond acceptors (Lipinski definition) is 5. The Morgan fingerprint density at radius 2 is 1.69 bits per heavy atom. The molecule has 1 heterocycles. The summed E-state index contributed by atoms with van der Waals surface area (Å²) in [6.07, 6.45) is 1.71. The SMILES string of the molecule is O=C1ON=C(c2ccccc2)/C1=C/c1cc(Br)c(OCc2ccc(C(=O)O)cc2)c(Br)c1. The highest BCUT2D eigenvalue weighted by Gasteiger charge is 2.26. The Kier molecular flexibility index (Phi) is 6.53. The van der Waals surface area contributed by atoms with Gasteiger partial charge in [0.2, 0.25) is 0 Å². The van der Waals surface area contributed by atoms with E-state index >= 15 is 0 Å². The lowest BCUT2D eigenvalue weighted by molar-refractivity contribution is -0.136. The molecule has 1 aliphatic heterocycles. The number of aromatic carboxylic acids is 1. The summed E-state index contributed by atoms with van der Waals surface area (Å²) >= 11 is 7.04. The van der Waals surface area contributed by atoms with Crippen LogP contribution < -0.4 is 4.74 Å². The van der Waals surface area contributed by atoms with Gasteiger partial charge in [0.1, 0.15) is 18.1 Å². The topological polar surface area (TPSA) is 85.2 Å². The third kappa shape index (κ3) is 4.81. The van der Waals surface area contributed by atoms with E-state index in [1.165, 1.54) is 12.1 Å². The molecule has 0 aromatic heterocycles. The predicted molar refractivity (Wildman–Crippen MR) is 127 cm³/mol. The number of ether oxygens (including phenoxy) is 1. The van der Waals surface area contributed by atoms with E-state index in [0.717, 1.165) is 16.7 Å². The van der Waals surface area contributed by atoms with Crippen molar-refractivity contribution in [3.63, 3.8) is 0 Å². The van der Waals surface area contributed by atoms with Crippen molar-refractivity contribution >= 4 is 55.6 Å². The number of carbonyl (C=O) groups is 2. The number of carbonyl (C=O) groups excluding carboxylic acids is 1. The summed E-state index contributed by atoms with van der Waals surface area (Å²) in [6.45, 7) is 0.259. The average molecular weight is 557 g/mol. The van der Waals surface area contributed by atoms with Gasteiger partial charge in [-0.1, -0.05) is 47.6 Å². The van der Waals surface area contributed by atoms with E-state index in [1.807, 2.05) is 42.5 Å². The molecule has 1 N–H and O–H groups in total. The largest absolute Gasteiger partial charge is 0.487 e. The molecule has 3 aromatic rings. The summed E-state index contributed by atoms with van der Waals surface area (Å²) in [6, 6.07) is 19.5. The fourth-order valence-electron chi connectivity index (χ4n) is 3.08. The van der Waals surface area contributed by atoms with Crippen LogP contribution in [-0.4, -0.2) is 22.8 Å². The van der Waals surface area contributed by atoms with E-state index in [1.54, 1.807) is 18.2 Å². The molecule has 0 aliphatic carbocycles. The molecule has 3 aromatic carbocycles. The molecule has 0 unspecified atom stereocenters. The Balaban J connectivity index is 1.55. The summed E-state index contributed by atoms with van der Waals surface area (Å²) in [7, 11) is 0. The molecule has 6 nitrogen and oxygen atoms in total. The van der Waals surface area contributed by atoms with Crippen LogP contribution in [0, 0.1) is 0 Å². The molecular formula is C24H15Br2NO5. The zero-order chi connectivity index (χ0) is 22.7. The lowest BCUT2D eigenvalue weighted by atomic mass is 10.0. The Labute approximate surface area is 200 Å². The van der Waals surface area contributed by atoms with Gasteiger partial charge in [-0.3, -0.25) is 0 Å². The first kappa shape index (κ1) is 22.0. The van der Waals surface area contributed by atoms with Crippen LogP contribution in [0.15, 0.2) is 86.4 Å². The smallest absolute Gasteiger partial charge is 0.368 e. The van der Waals surface area contributed by atoms with Gasteiger partial charge in [0.25, 0.3) is 0 Å². The van der Waals surface area contributed by atoms with Crippen LogP contribution in [0.5, 0.6) is 5.75 Å². The van der Waals surface area contributed by atoms with Gasteiger partial charge < -0.3 is 14.7 Å². The third-order valence-electron chi connectivity index (χ3n) is 4.66. The summed E-state index contributed by atoms with van der Waals surface area (Å²) in [5.74, 6) is -0.902. The second-order valence-electron chi connectivity index (χ2n) is 6.85. The maximum absolute atomic E-state index is 12.2. The molecule has 8 heteroatoms. The normalized spacial score (nSPS) is 14.2. The van der Waals surface area contributed by atoms with Crippen LogP contribution >= 0.6 is 31.9 Å². The van der Waals surface area contributed by atoms with Crippen molar-refractivity contribution in [3.05, 3.63) is 104 Å². The molecule has 0 saturated heterocycles. The van der Waals surface area contributed by atoms with E-state index < -0.39 is 11.9 Å². The molecule has 0 atom stereocenters. The maximum Gasteiger partial charge on any atom is 0.368 e. The molecule has 0 spiro atoms. The van der Waals surface area contributed by atoms with E-state index in [2.05, 4.69) is 37.0 Å². The number of benzene rings is 3. The van der Waals surface area contributed by atoms with Crippen LogP contribution in [0.2, 0.25) is 0 Å². The van der Waals surface area contributed by atoms with Crippen molar-refractivity contribution in [2.24, 2.45) is 5.16 Å². The fraction of sp³-hybridized carbons (Fsp3) is 0.0417. The number of nitrogens with zero attached hydrogens (tertiary/aromatic N) is 1. The van der Waals surface area contributed by atoms with Gasteiger partial charge in [0.05, 0.1) is 20.1 Å². The van der Waals surface area contributed by atoms with E-state index in [9.17, 15) is 9.59 Å². The second kappa shape index (κ2) is 9.50. The van der Waals surface area contributed by atoms with Gasteiger partial charge in [-0.2, -0.15) is 0 Å². The molecule has 160 valence electrons. The average Bonchev–Trinajstić information content (AvgIpc) is 3.14. The van der Waals surface area contributed by atoms with Crippen molar-refractivity contribution in [1.29, 1.82) is 0 Å². The highest BCUT2D eigenvalue weighted by atomic mass is 79.9. The van der Waals surface area contributed by atoms with Gasteiger partial charge in [0, 0.05) is 5.56 Å². The van der Waals surface area contributed by atoms with E-state index in [4.69, 9.17) is 14.7 Å². The standard InChI is InChI=1S/C24H15Br2NO5/c25-19-11-15(10-18-21(27-32-24(18)30)16-4-2-1-3-5-16)12-20(26)22(19)31-13-14-6-8-17(9-7-14)23(28)29/h1-12H,13H2,(H,28,29)/b18-10-. The minimum Gasteiger partial charge on any atom is -0.487 e. The van der Waals surface area contributed by atoms with Crippen molar-refractivity contribution in [3.8, 4) is 5.75 Å². The molecule has 0 radical (unpaired) electrons. The first-order valence-corrected chi connectivity index (χ1v) is 11.0. The lowest BCUT2D eigenvalue weighted by Crippen LogP contribution is -2.06. The monoisotopic (exact) mass is 555 g/mol. The number of hydrogen-bond donors (Lipinski definition) is 1. The number of oxime groups is 1. The number of rotatable bonds is 6. The second-order valence-corrected chi connectivity index (χ2v) is 8.56. The lowest BCUT2D eigenvalue weighted by Gasteiger charge is -2.12. The van der Waals surface area contributed by atoms with Crippen LogP contribution in [-0.2, 0) is 16.2 Å². The fourth-order valence-corrected chi connectivity index (χ4v) is 4.53. The van der Waals surface area contributed by atoms with Gasteiger partial charge in [-0.25, -0.2) is 9.59 Å². The summed E-state index contributed by atoms with van der Waals surface area (Å²) < 4.78 is 7.28. The first-order chi connectivity index (χ1) is 15.4. The number of carboxylic acids is 1. The van der Waals surface area contributed by atoms with Crippen molar-refractivity contribution < 1.29 is 24.3 Å². The van der Waals surface area contributed by atoms with Crippen LogP contribution in [0.3, 0.4) is 0 Å². The third-order valence-corrected chi connectivity index (χ3v) is 5.84. The first-order valence-electron chi connectivity index (χ1n) is 9.43. The molecule has 0 fully saturated rings. The Morgan fingerprint density at radius 3 is 2.31 bits per heavy atom. The van der Waals surface area contributed by atoms with Crippen molar-refractivity contribution in [2.75, 3.05) is 0 Å².